The van der Waals surface area contributed by atoms with Gasteiger partial charge in [0.1, 0.15) is 11.6 Å². The van der Waals surface area contributed by atoms with Gasteiger partial charge in [0.05, 0.1) is 6.54 Å². The molecule has 0 spiro atoms. The molecule has 3 N–H and O–H groups in total. The molecule has 3 rings (SSSR count). The maximum atomic E-state index is 12.3. The lowest BCUT2D eigenvalue weighted by Crippen LogP contribution is -2.30. The van der Waals surface area contributed by atoms with Gasteiger partial charge in [-0.3, -0.25) is 5.10 Å². The summed E-state index contributed by atoms with van der Waals surface area (Å²) in [5.74, 6) is 1.54. The predicted molar refractivity (Wildman–Crippen MR) is 95.1 cm³/mol. The van der Waals surface area contributed by atoms with Crippen molar-refractivity contribution in [1.29, 1.82) is 0 Å². The van der Waals surface area contributed by atoms with Gasteiger partial charge in [-0.2, -0.15) is 5.10 Å². The molecular weight excluding hydrogens is 318 g/mol. The number of aromatic nitrogens is 3. The van der Waals surface area contributed by atoms with Crippen molar-refractivity contribution >= 4 is 11.7 Å². The number of hydrogen-bond donors (Lipinski definition) is 3. The molecule has 1 aromatic heterocycles. The zero-order valence-corrected chi connectivity index (χ0v) is 14.0. The van der Waals surface area contributed by atoms with Gasteiger partial charge in [0.25, 0.3) is 0 Å². The summed E-state index contributed by atoms with van der Waals surface area (Å²) in [6, 6.07) is 14.0. The van der Waals surface area contributed by atoms with E-state index in [0.717, 1.165) is 11.4 Å². The topological polar surface area (TPSA) is 94.1 Å². The number of aromatic hydroxyl groups is 1. The molecule has 0 atom stereocenters. The van der Waals surface area contributed by atoms with Crippen LogP contribution < -0.4 is 5.32 Å². The Morgan fingerprint density at radius 3 is 2.56 bits per heavy atom. The summed E-state index contributed by atoms with van der Waals surface area (Å²) in [6.45, 7) is 2.15. The van der Waals surface area contributed by atoms with Gasteiger partial charge in [0, 0.05) is 23.9 Å². The van der Waals surface area contributed by atoms with Crippen molar-refractivity contribution in [1.82, 2.24) is 20.1 Å². The van der Waals surface area contributed by atoms with Crippen LogP contribution in [0.15, 0.2) is 48.5 Å². The fraction of sp³-hybridized carbons (Fsp3) is 0.167. The fourth-order valence-electron chi connectivity index (χ4n) is 2.37. The van der Waals surface area contributed by atoms with Crippen LogP contribution in [0.3, 0.4) is 0 Å². The Hall–Kier alpha value is -3.35. The van der Waals surface area contributed by atoms with E-state index in [4.69, 9.17) is 0 Å². The number of aromatic amines is 1. The SMILES string of the molecule is Cc1nc(-c2ccc(NC(=O)N(C)Cc3ccccc3O)cc2)n[nH]1. The summed E-state index contributed by atoms with van der Waals surface area (Å²) in [4.78, 5) is 18.1. The van der Waals surface area contributed by atoms with Crippen molar-refractivity contribution in [3.63, 3.8) is 0 Å². The zero-order chi connectivity index (χ0) is 17.8. The van der Waals surface area contributed by atoms with E-state index in [2.05, 4.69) is 20.5 Å². The van der Waals surface area contributed by atoms with Crippen LogP contribution in [0.5, 0.6) is 5.75 Å². The Balaban J connectivity index is 1.63. The Bertz CT molecular complexity index is 873. The van der Waals surface area contributed by atoms with Crippen LogP contribution in [-0.4, -0.2) is 38.3 Å². The van der Waals surface area contributed by atoms with Crippen molar-refractivity contribution < 1.29 is 9.90 Å². The molecule has 3 aromatic rings. The summed E-state index contributed by atoms with van der Waals surface area (Å²) < 4.78 is 0. The van der Waals surface area contributed by atoms with E-state index in [-0.39, 0.29) is 11.8 Å². The third-order valence-electron chi connectivity index (χ3n) is 3.74. The van der Waals surface area contributed by atoms with Gasteiger partial charge in [-0.1, -0.05) is 18.2 Å². The number of carbonyl (C=O) groups is 1. The summed E-state index contributed by atoms with van der Waals surface area (Å²) in [5.41, 5.74) is 2.23. The second kappa shape index (κ2) is 7.04. The first kappa shape index (κ1) is 16.5. The molecule has 0 fully saturated rings. The third-order valence-corrected chi connectivity index (χ3v) is 3.74. The van der Waals surface area contributed by atoms with Gasteiger partial charge < -0.3 is 15.3 Å². The van der Waals surface area contributed by atoms with Gasteiger partial charge in [0.15, 0.2) is 5.82 Å². The Labute approximate surface area is 145 Å². The minimum Gasteiger partial charge on any atom is -0.508 e. The second-order valence-corrected chi connectivity index (χ2v) is 5.74. The van der Waals surface area contributed by atoms with Crippen LogP contribution in [0.2, 0.25) is 0 Å². The molecule has 0 saturated carbocycles. The van der Waals surface area contributed by atoms with E-state index >= 15 is 0 Å². The molecule has 128 valence electrons. The third kappa shape index (κ3) is 3.95. The molecule has 1 heterocycles. The number of amides is 2. The molecule has 0 aliphatic rings. The normalized spacial score (nSPS) is 10.5. The molecule has 0 bridgehead atoms. The number of phenolic OH excluding ortho intramolecular Hbond substituents is 1. The first-order valence-corrected chi connectivity index (χ1v) is 7.81. The first-order valence-electron chi connectivity index (χ1n) is 7.81. The van der Waals surface area contributed by atoms with E-state index in [1.165, 1.54) is 4.90 Å². The summed E-state index contributed by atoms with van der Waals surface area (Å²) in [5, 5.41) is 19.5. The Kier molecular flexibility index (Phi) is 4.65. The average Bonchev–Trinajstić information content (AvgIpc) is 3.04. The number of carbonyl (C=O) groups excluding carboxylic acids is 1. The lowest BCUT2D eigenvalue weighted by molar-refractivity contribution is 0.220. The number of H-pyrrole nitrogens is 1. The highest BCUT2D eigenvalue weighted by atomic mass is 16.3. The molecule has 2 amide bonds. The van der Waals surface area contributed by atoms with Gasteiger partial charge >= 0.3 is 6.03 Å². The summed E-state index contributed by atoms with van der Waals surface area (Å²) in [7, 11) is 1.67. The molecule has 7 nitrogen and oxygen atoms in total. The molecule has 0 radical (unpaired) electrons. The highest BCUT2D eigenvalue weighted by Crippen LogP contribution is 2.19. The quantitative estimate of drug-likeness (QED) is 0.681. The van der Waals surface area contributed by atoms with Crippen LogP contribution in [0.4, 0.5) is 10.5 Å². The van der Waals surface area contributed by atoms with Crippen LogP contribution in [0, 0.1) is 6.92 Å². The number of aryl methyl sites for hydroxylation is 1. The van der Waals surface area contributed by atoms with E-state index < -0.39 is 0 Å². The number of benzene rings is 2. The number of anilines is 1. The molecular formula is C18H19N5O2. The summed E-state index contributed by atoms with van der Waals surface area (Å²) >= 11 is 0. The standard InChI is InChI=1S/C18H19N5O2/c1-12-19-17(22-21-12)13-7-9-15(10-8-13)20-18(25)23(2)11-14-5-3-4-6-16(14)24/h3-10,24H,11H2,1-2H3,(H,20,25)(H,19,21,22). The average molecular weight is 337 g/mol. The first-order chi connectivity index (χ1) is 12.0. The lowest BCUT2D eigenvalue weighted by atomic mass is 10.2. The fourth-order valence-corrected chi connectivity index (χ4v) is 2.37. The summed E-state index contributed by atoms with van der Waals surface area (Å²) in [6.07, 6.45) is 0. The van der Waals surface area contributed by atoms with E-state index in [1.54, 1.807) is 37.4 Å². The predicted octanol–water partition coefficient (Wildman–Crippen LogP) is 3.15. The van der Waals surface area contributed by atoms with Crippen LogP contribution in [0.25, 0.3) is 11.4 Å². The molecule has 7 heteroatoms. The lowest BCUT2D eigenvalue weighted by Gasteiger charge is -2.18. The molecule has 2 aromatic carbocycles. The highest BCUT2D eigenvalue weighted by molar-refractivity contribution is 5.89. The number of phenols is 1. The Morgan fingerprint density at radius 1 is 1.20 bits per heavy atom. The van der Waals surface area contributed by atoms with E-state index in [9.17, 15) is 9.90 Å². The van der Waals surface area contributed by atoms with Crippen molar-refractivity contribution in [2.24, 2.45) is 0 Å². The maximum Gasteiger partial charge on any atom is 0.321 e. The Morgan fingerprint density at radius 2 is 1.92 bits per heavy atom. The molecule has 25 heavy (non-hydrogen) atoms. The number of rotatable bonds is 4. The molecule has 0 aliphatic carbocycles. The van der Waals surface area contributed by atoms with E-state index in [0.29, 0.717) is 23.6 Å². The van der Waals surface area contributed by atoms with Crippen molar-refractivity contribution in [3.8, 4) is 17.1 Å². The minimum absolute atomic E-state index is 0.174. The maximum absolute atomic E-state index is 12.3. The smallest absolute Gasteiger partial charge is 0.321 e. The number of para-hydroxylation sites is 1. The van der Waals surface area contributed by atoms with Gasteiger partial charge in [-0.15, -0.1) is 0 Å². The van der Waals surface area contributed by atoms with Gasteiger partial charge in [-0.05, 0) is 37.3 Å². The monoisotopic (exact) mass is 337 g/mol. The van der Waals surface area contributed by atoms with Gasteiger partial charge in [0.2, 0.25) is 0 Å². The van der Waals surface area contributed by atoms with Crippen molar-refractivity contribution in [3.05, 3.63) is 59.9 Å². The van der Waals surface area contributed by atoms with Crippen molar-refractivity contribution in [2.45, 2.75) is 13.5 Å². The minimum atomic E-state index is -0.259. The second-order valence-electron chi connectivity index (χ2n) is 5.74. The number of urea groups is 1. The zero-order valence-electron chi connectivity index (χ0n) is 14.0. The highest BCUT2D eigenvalue weighted by Gasteiger charge is 2.12. The molecule has 0 aliphatic heterocycles. The number of hydrogen-bond acceptors (Lipinski definition) is 4. The number of nitrogens with zero attached hydrogens (tertiary/aromatic N) is 3. The van der Waals surface area contributed by atoms with Gasteiger partial charge in [-0.25, -0.2) is 9.78 Å². The van der Waals surface area contributed by atoms with Crippen molar-refractivity contribution in [2.75, 3.05) is 12.4 Å². The largest absolute Gasteiger partial charge is 0.508 e. The van der Waals surface area contributed by atoms with Crippen LogP contribution >= 0.6 is 0 Å². The molecule has 0 saturated heterocycles. The van der Waals surface area contributed by atoms with Crippen LogP contribution in [0.1, 0.15) is 11.4 Å². The van der Waals surface area contributed by atoms with Crippen LogP contribution in [-0.2, 0) is 6.54 Å². The molecule has 0 unspecified atom stereocenters. The van der Waals surface area contributed by atoms with E-state index in [1.807, 2.05) is 25.1 Å². The number of nitrogens with one attached hydrogen (secondary N) is 2.